The Bertz CT molecular complexity index is 809. The zero-order chi connectivity index (χ0) is 17.5. The molecule has 126 valence electrons. The molecule has 0 aliphatic heterocycles. The number of pyridine rings is 1. The first-order valence-electron chi connectivity index (χ1n) is 8.31. The van der Waals surface area contributed by atoms with E-state index in [0.717, 1.165) is 23.5 Å². The number of hydrogen-bond acceptors (Lipinski definition) is 3. The van der Waals surface area contributed by atoms with Gasteiger partial charge in [-0.1, -0.05) is 30.3 Å². The van der Waals surface area contributed by atoms with Crippen LogP contribution in [0, 0.1) is 0 Å². The van der Waals surface area contributed by atoms with Gasteiger partial charge in [0.1, 0.15) is 7.05 Å². The normalized spacial score (nSPS) is 10.8. The Morgan fingerprint density at radius 3 is 2.32 bits per heavy atom. The van der Waals surface area contributed by atoms with Gasteiger partial charge in [-0.15, -0.1) is 0 Å². The number of aromatic nitrogens is 1. The van der Waals surface area contributed by atoms with Crippen LogP contribution in [-0.4, -0.2) is 13.3 Å². The minimum Gasteiger partial charge on any atom is -0.381 e. The lowest BCUT2D eigenvalue weighted by Gasteiger charge is -2.14. The average molecular weight is 331 g/mol. The van der Waals surface area contributed by atoms with E-state index in [1.807, 2.05) is 60.5 Å². The van der Waals surface area contributed by atoms with Crippen molar-refractivity contribution in [3.05, 3.63) is 90.3 Å². The van der Waals surface area contributed by atoms with E-state index in [-0.39, 0.29) is 0 Å². The van der Waals surface area contributed by atoms with Gasteiger partial charge in [0, 0.05) is 37.0 Å². The van der Waals surface area contributed by atoms with Crippen LogP contribution in [0.15, 0.2) is 84.2 Å². The predicted molar refractivity (Wildman–Crippen MR) is 104 cm³/mol. The Kier molecular flexibility index (Phi) is 5.42. The van der Waals surface area contributed by atoms with Crippen LogP contribution in [0.4, 0.5) is 11.4 Å². The van der Waals surface area contributed by atoms with Crippen LogP contribution in [0.5, 0.6) is 0 Å². The molecule has 0 aliphatic carbocycles. The van der Waals surface area contributed by atoms with Gasteiger partial charge in [0.05, 0.1) is 11.9 Å². The summed E-state index contributed by atoms with van der Waals surface area (Å²) in [5.74, 6) is 0. The van der Waals surface area contributed by atoms with Gasteiger partial charge in [0.15, 0.2) is 12.4 Å². The molecule has 25 heavy (non-hydrogen) atoms. The molecular weight excluding hydrogens is 308 g/mol. The van der Waals surface area contributed by atoms with Crippen LogP contribution >= 0.6 is 0 Å². The zero-order valence-corrected chi connectivity index (χ0v) is 14.6. The lowest BCUT2D eigenvalue weighted by molar-refractivity contribution is -0.671. The van der Waals surface area contributed by atoms with Crippen LogP contribution in [0.25, 0.3) is 0 Å². The third-order valence-electron chi connectivity index (χ3n) is 3.96. The van der Waals surface area contributed by atoms with Crippen LogP contribution < -0.4 is 14.9 Å². The topological polar surface area (TPSA) is 31.5 Å². The molecule has 4 nitrogen and oxygen atoms in total. The second-order valence-corrected chi connectivity index (χ2v) is 5.95. The first-order valence-corrected chi connectivity index (χ1v) is 8.31. The van der Waals surface area contributed by atoms with Crippen LogP contribution in [-0.2, 0) is 13.6 Å². The molecule has 0 fully saturated rings. The molecule has 0 radical (unpaired) electrons. The lowest BCUT2D eigenvalue weighted by Crippen LogP contribution is -2.25. The maximum atomic E-state index is 4.50. The van der Waals surface area contributed by atoms with Gasteiger partial charge in [-0.25, -0.2) is 4.57 Å². The van der Waals surface area contributed by atoms with E-state index >= 15 is 0 Å². The molecule has 0 spiro atoms. The molecule has 0 atom stereocenters. The smallest absolute Gasteiger partial charge is 0.169 e. The van der Waals surface area contributed by atoms with Gasteiger partial charge < -0.3 is 5.32 Å². The van der Waals surface area contributed by atoms with E-state index in [0.29, 0.717) is 0 Å². The lowest BCUT2D eigenvalue weighted by atomic mass is 10.2. The number of hydrogen-bond donors (Lipinski definition) is 1. The first kappa shape index (κ1) is 16.7. The fraction of sp³-hybridized carbons (Fsp3) is 0.143. The van der Waals surface area contributed by atoms with Gasteiger partial charge in [-0.05, 0) is 29.8 Å². The number of aryl methyl sites for hydroxylation is 1. The van der Waals surface area contributed by atoms with E-state index in [4.69, 9.17) is 0 Å². The van der Waals surface area contributed by atoms with Gasteiger partial charge in [-0.3, -0.25) is 5.01 Å². The molecule has 4 heteroatoms. The molecule has 1 heterocycles. The van der Waals surface area contributed by atoms with Crippen molar-refractivity contribution < 1.29 is 4.57 Å². The van der Waals surface area contributed by atoms with Crippen LogP contribution in [0.1, 0.15) is 11.1 Å². The van der Waals surface area contributed by atoms with Crippen molar-refractivity contribution in [2.75, 3.05) is 17.4 Å². The number of hydrazone groups is 1. The summed E-state index contributed by atoms with van der Waals surface area (Å²) in [7, 11) is 3.95. The van der Waals surface area contributed by atoms with E-state index in [9.17, 15) is 0 Å². The van der Waals surface area contributed by atoms with Gasteiger partial charge >= 0.3 is 0 Å². The van der Waals surface area contributed by atoms with Crippen molar-refractivity contribution in [2.24, 2.45) is 12.1 Å². The Hall–Kier alpha value is -3.14. The molecule has 1 aromatic heterocycles. The number of nitrogens with zero attached hydrogens (tertiary/aromatic N) is 3. The van der Waals surface area contributed by atoms with Crippen molar-refractivity contribution >= 4 is 17.6 Å². The Morgan fingerprint density at radius 2 is 1.64 bits per heavy atom. The minimum absolute atomic E-state index is 0.819. The Morgan fingerprint density at radius 1 is 0.960 bits per heavy atom. The van der Waals surface area contributed by atoms with E-state index in [1.165, 1.54) is 5.56 Å². The van der Waals surface area contributed by atoms with Crippen molar-refractivity contribution in [3.8, 4) is 0 Å². The molecule has 2 aromatic carbocycles. The molecule has 0 saturated heterocycles. The maximum absolute atomic E-state index is 4.50. The molecule has 0 bridgehead atoms. The summed E-state index contributed by atoms with van der Waals surface area (Å²) >= 11 is 0. The fourth-order valence-electron chi connectivity index (χ4n) is 2.41. The van der Waals surface area contributed by atoms with Crippen LogP contribution in [0.3, 0.4) is 0 Å². The Balaban J connectivity index is 1.58. The summed E-state index contributed by atoms with van der Waals surface area (Å²) in [6.07, 6.45) is 5.88. The molecule has 0 aliphatic rings. The van der Waals surface area contributed by atoms with Gasteiger partial charge in [0.25, 0.3) is 0 Å². The fourth-order valence-corrected chi connectivity index (χ4v) is 2.41. The zero-order valence-electron chi connectivity index (χ0n) is 14.6. The molecule has 0 unspecified atom stereocenters. The average Bonchev–Trinajstić information content (AvgIpc) is 2.67. The second-order valence-electron chi connectivity index (χ2n) is 5.95. The summed E-state index contributed by atoms with van der Waals surface area (Å²) in [5, 5.41) is 9.80. The molecule has 3 aromatic rings. The molecule has 3 rings (SSSR count). The van der Waals surface area contributed by atoms with E-state index < -0.39 is 0 Å². The number of rotatable bonds is 6. The second kappa shape index (κ2) is 8.11. The molecular formula is C21H23N4+. The molecule has 0 amide bonds. The third-order valence-corrected chi connectivity index (χ3v) is 3.96. The van der Waals surface area contributed by atoms with Crippen molar-refractivity contribution in [1.82, 2.24) is 0 Å². The number of benzene rings is 2. The third kappa shape index (κ3) is 4.91. The first-order chi connectivity index (χ1) is 12.2. The van der Waals surface area contributed by atoms with E-state index in [1.54, 1.807) is 0 Å². The largest absolute Gasteiger partial charge is 0.381 e. The van der Waals surface area contributed by atoms with Crippen molar-refractivity contribution in [1.29, 1.82) is 0 Å². The van der Waals surface area contributed by atoms with Crippen LogP contribution in [0.2, 0.25) is 0 Å². The summed E-state index contributed by atoms with van der Waals surface area (Å²) in [5.41, 5.74) is 4.49. The summed E-state index contributed by atoms with van der Waals surface area (Å²) in [6.45, 7) is 0.819. The molecule has 0 saturated carbocycles. The van der Waals surface area contributed by atoms with Crippen molar-refractivity contribution in [2.45, 2.75) is 6.54 Å². The predicted octanol–water partition coefficient (Wildman–Crippen LogP) is 3.59. The SMILES string of the molecule is CN(N=Cc1cc[n+](C)cc1)c1ccc(NCc2ccccc2)cc1. The van der Waals surface area contributed by atoms with Crippen molar-refractivity contribution in [3.63, 3.8) is 0 Å². The molecule has 1 N–H and O–H groups in total. The monoisotopic (exact) mass is 331 g/mol. The summed E-state index contributed by atoms with van der Waals surface area (Å²) in [6, 6.07) is 22.7. The maximum Gasteiger partial charge on any atom is 0.169 e. The minimum atomic E-state index is 0.819. The van der Waals surface area contributed by atoms with E-state index in [2.05, 4.69) is 58.9 Å². The highest BCUT2D eigenvalue weighted by molar-refractivity contribution is 5.79. The standard InChI is InChI=1S/C21H23N4/c1-24-14-12-19(13-15-24)17-23-25(2)21-10-8-20(9-11-21)22-16-18-6-4-3-5-7-18/h3-15,17,22H,16H2,1-2H3/q+1. The van der Waals surface area contributed by atoms with Gasteiger partial charge in [-0.2, -0.15) is 5.10 Å². The summed E-state index contributed by atoms with van der Waals surface area (Å²) in [4.78, 5) is 0. The highest BCUT2D eigenvalue weighted by Gasteiger charge is 2.00. The number of nitrogens with one attached hydrogen (secondary N) is 1. The summed E-state index contributed by atoms with van der Waals surface area (Å²) < 4.78 is 2.00. The quantitative estimate of drug-likeness (QED) is 0.425. The highest BCUT2D eigenvalue weighted by atomic mass is 15.4. The highest BCUT2D eigenvalue weighted by Crippen LogP contribution is 2.17. The van der Waals surface area contributed by atoms with Gasteiger partial charge in [0.2, 0.25) is 0 Å². The number of anilines is 2. The Labute approximate surface area is 149 Å².